The van der Waals surface area contributed by atoms with Gasteiger partial charge in [0.15, 0.2) is 6.61 Å². The normalized spacial score (nSPS) is 11.0. The third-order valence-corrected chi connectivity index (χ3v) is 4.32. The van der Waals surface area contributed by atoms with Crippen molar-refractivity contribution in [1.82, 2.24) is 5.43 Å². The maximum Gasteiger partial charge on any atom is 0.277 e. The highest BCUT2D eigenvalue weighted by Gasteiger charge is 2.07. The molecule has 0 aromatic heterocycles. The van der Waals surface area contributed by atoms with Gasteiger partial charge in [-0.25, -0.2) is 5.43 Å². The Morgan fingerprint density at radius 1 is 1.08 bits per heavy atom. The maximum atomic E-state index is 11.9. The molecule has 0 saturated heterocycles. The summed E-state index contributed by atoms with van der Waals surface area (Å²) in [5, 5.41) is 6.31. The van der Waals surface area contributed by atoms with Crippen LogP contribution in [0.15, 0.2) is 70.2 Å². The number of carbonyl (C=O) groups excluding carboxylic acids is 1. The third kappa shape index (κ3) is 4.59. The van der Waals surface area contributed by atoms with E-state index in [0.29, 0.717) is 10.8 Å². The molecule has 0 aliphatic heterocycles. The summed E-state index contributed by atoms with van der Waals surface area (Å²) in [6, 6.07) is 18.7. The van der Waals surface area contributed by atoms with Crippen LogP contribution in [0.2, 0.25) is 5.02 Å². The van der Waals surface area contributed by atoms with Crippen LogP contribution < -0.4 is 10.2 Å². The average Bonchev–Trinajstić information content (AvgIpc) is 2.63. The molecule has 0 bridgehead atoms. The molecule has 6 heteroatoms. The summed E-state index contributed by atoms with van der Waals surface area (Å²) < 4.78 is 6.59. The van der Waals surface area contributed by atoms with Crippen molar-refractivity contribution in [3.05, 3.63) is 75.7 Å². The molecule has 4 nitrogen and oxygen atoms in total. The van der Waals surface area contributed by atoms with Crippen molar-refractivity contribution in [3.8, 4) is 5.75 Å². The number of ether oxygens (including phenoxy) is 1. The van der Waals surface area contributed by atoms with E-state index in [1.165, 1.54) is 0 Å². The standard InChI is InChI=1S/C19H14BrClN2O2/c20-14-7-5-13(6-8-14)11-22-23-19(24)12-25-18-10-9-17(21)15-3-1-2-4-16(15)18/h1-11H,12H2,(H,23,24)/b22-11-. The zero-order valence-corrected chi connectivity index (χ0v) is 15.4. The van der Waals surface area contributed by atoms with E-state index in [2.05, 4.69) is 26.5 Å². The molecular weight excluding hydrogens is 404 g/mol. The van der Waals surface area contributed by atoms with E-state index in [1.807, 2.05) is 48.5 Å². The van der Waals surface area contributed by atoms with Gasteiger partial charge in [0.25, 0.3) is 5.91 Å². The van der Waals surface area contributed by atoms with Gasteiger partial charge in [-0.3, -0.25) is 4.79 Å². The van der Waals surface area contributed by atoms with Crippen molar-refractivity contribution in [2.24, 2.45) is 5.10 Å². The van der Waals surface area contributed by atoms with Gasteiger partial charge in [-0.15, -0.1) is 0 Å². The van der Waals surface area contributed by atoms with E-state index in [4.69, 9.17) is 16.3 Å². The van der Waals surface area contributed by atoms with Crippen molar-refractivity contribution < 1.29 is 9.53 Å². The predicted octanol–water partition coefficient (Wildman–Crippen LogP) is 4.78. The molecule has 3 aromatic carbocycles. The molecule has 0 radical (unpaired) electrons. The quantitative estimate of drug-likeness (QED) is 0.479. The highest BCUT2D eigenvalue weighted by molar-refractivity contribution is 9.10. The summed E-state index contributed by atoms with van der Waals surface area (Å²) in [7, 11) is 0. The molecule has 25 heavy (non-hydrogen) atoms. The fourth-order valence-electron chi connectivity index (χ4n) is 2.26. The van der Waals surface area contributed by atoms with Crippen LogP contribution in [-0.4, -0.2) is 18.7 Å². The van der Waals surface area contributed by atoms with E-state index < -0.39 is 0 Å². The smallest absolute Gasteiger partial charge is 0.277 e. The van der Waals surface area contributed by atoms with Gasteiger partial charge < -0.3 is 4.74 Å². The van der Waals surface area contributed by atoms with Crippen LogP contribution in [-0.2, 0) is 4.79 Å². The topological polar surface area (TPSA) is 50.7 Å². The van der Waals surface area contributed by atoms with Crippen LogP contribution in [0.5, 0.6) is 5.75 Å². The summed E-state index contributed by atoms with van der Waals surface area (Å²) in [6.07, 6.45) is 1.57. The number of halogens is 2. The second-order valence-electron chi connectivity index (χ2n) is 5.22. The average molecular weight is 418 g/mol. The summed E-state index contributed by atoms with van der Waals surface area (Å²) in [6.45, 7) is -0.136. The van der Waals surface area contributed by atoms with Crippen molar-refractivity contribution in [3.63, 3.8) is 0 Å². The lowest BCUT2D eigenvalue weighted by Gasteiger charge is -2.09. The molecule has 126 valence electrons. The lowest BCUT2D eigenvalue weighted by Crippen LogP contribution is -2.24. The first-order chi connectivity index (χ1) is 12.1. The number of hydrazone groups is 1. The number of amides is 1. The molecule has 3 rings (SSSR count). The Morgan fingerprint density at radius 3 is 2.56 bits per heavy atom. The number of hydrogen-bond acceptors (Lipinski definition) is 3. The molecule has 0 heterocycles. The number of hydrogen-bond donors (Lipinski definition) is 1. The largest absolute Gasteiger partial charge is 0.483 e. The maximum absolute atomic E-state index is 11.9. The Bertz CT molecular complexity index is 926. The van der Waals surface area contributed by atoms with E-state index in [9.17, 15) is 4.79 Å². The highest BCUT2D eigenvalue weighted by atomic mass is 79.9. The summed E-state index contributed by atoms with van der Waals surface area (Å²) in [5.41, 5.74) is 3.33. The van der Waals surface area contributed by atoms with Crippen LogP contribution in [0.25, 0.3) is 10.8 Å². The fourth-order valence-corrected chi connectivity index (χ4v) is 2.76. The number of benzene rings is 3. The Morgan fingerprint density at radius 2 is 1.80 bits per heavy atom. The molecule has 0 aliphatic rings. The van der Waals surface area contributed by atoms with Crippen LogP contribution >= 0.6 is 27.5 Å². The van der Waals surface area contributed by atoms with E-state index in [-0.39, 0.29) is 12.5 Å². The minimum atomic E-state index is -0.340. The predicted molar refractivity (Wildman–Crippen MR) is 104 cm³/mol. The molecule has 1 amide bonds. The summed E-state index contributed by atoms with van der Waals surface area (Å²) in [4.78, 5) is 11.9. The van der Waals surface area contributed by atoms with Crippen molar-refractivity contribution >= 4 is 50.4 Å². The first-order valence-corrected chi connectivity index (χ1v) is 8.68. The van der Waals surface area contributed by atoms with Crippen LogP contribution in [0.3, 0.4) is 0 Å². The number of nitrogens with zero attached hydrogens (tertiary/aromatic N) is 1. The van der Waals surface area contributed by atoms with Gasteiger partial charge in [-0.2, -0.15) is 5.10 Å². The lowest BCUT2D eigenvalue weighted by molar-refractivity contribution is -0.123. The molecule has 3 aromatic rings. The van der Waals surface area contributed by atoms with Gasteiger partial charge in [0.05, 0.1) is 6.21 Å². The third-order valence-electron chi connectivity index (χ3n) is 3.46. The minimum Gasteiger partial charge on any atom is -0.483 e. The zero-order valence-electron chi connectivity index (χ0n) is 13.1. The van der Waals surface area contributed by atoms with Crippen molar-refractivity contribution in [1.29, 1.82) is 0 Å². The molecule has 0 saturated carbocycles. The van der Waals surface area contributed by atoms with Gasteiger partial charge in [0.2, 0.25) is 0 Å². The van der Waals surface area contributed by atoms with Gasteiger partial charge in [0, 0.05) is 20.3 Å². The first kappa shape index (κ1) is 17.5. The molecule has 0 atom stereocenters. The molecule has 0 fully saturated rings. The monoisotopic (exact) mass is 416 g/mol. The number of nitrogens with one attached hydrogen (secondary N) is 1. The number of fused-ring (bicyclic) bond motifs is 1. The van der Waals surface area contributed by atoms with E-state index >= 15 is 0 Å². The van der Waals surface area contributed by atoms with Crippen molar-refractivity contribution in [2.45, 2.75) is 0 Å². The lowest BCUT2D eigenvalue weighted by atomic mass is 10.1. The zero-order chi connectivity index (χ0) is 17.6. The van der Waals surface area contributed by atoms with Gasteiger partial charge in [0.1, 0.15) is 5.75 Å². The van der Waals surface area contributed by atoms with Gasteiger partial charge >= 0.3 is 0 Å². The van der Waals surface area contributed by atoms with E-state index in [0.717, 1.165) is 20.8 Å². The van der Waals surface area contributed by atoms with Gasteiger partial charge in [-0.05, 0) is 29.8 Å². The van der Waals surface area contributed by atoms with Crippen LogP contribution in [0.4, 0.5) is 0 Å². The number of rotatable bonds is 5. The van der Waals surface area contributed by atoms with E-state index in [1.54, 1.807) is 18.3 Å². The summed E-state index contributed by atoms with van der Waals surface area (Å²) >= 11 is 9.53. The number of carbonyl (C=O) groups is 1. The van der Waals surface area contributed by atoms with Crippen LogP contribution in [0, 0.1) is 0 Å². The highest BCUT2D eigenvalue weighted by Crippen LogP contribution is 2.31. The molecule has 0 aliphatic carbocycles. The van der Waals surface area contributed by atoms with Gasteiger partial charge in [-0.1, -0.05) is 63.9 Å². The Balaban J connectivity index is 1.59. The minimum absolute atomic E-state index is 0.136. The Hall–Kier alpha value is -2.37. The fraction of sp³-hybridized carbons (Fsp3) is 0.0526. The molecule has 0 unspecified atom stereocenters. The van der Waals surface area contributed by atoms with Crippen LogP contribution in [0.1, 0.15) is 5.56 Å². The molecular formula is C19H14BrClN2O2. The SMILES string of the molecule is O=C(COc1ccc(Cl)c2ccccc12)N/N=C\c1ccc(Br)cc1. The molecule has 1 N–H and O–H groups in total. The molecule has 0 spiro atoms. The summed E-state index contributed by atoms with van der Waals surface area (Å²) in [5.74, 6) is 0.263. The Labute approximate surface area is 158 Å². The second-order valence-corrected chi connectivity index (χ2v) is 6.55. The Kier molecular flexibility index (Phi) is 5.68. The first-order valence-electron chi connectivity index (χ1n) is 7.51. The second kappa shape index (κ2) is 8.14. The van der Waals surface area contributed by atoms with Crippen molar-refractivity contribution in [2.75, 3.05) is 6.61 Å².